The van der Waals surface area contributed by atoms with Crippen LogP contribution in [-0.2, 0) is 5.75 Å². The number of carbonyl (C=O) groups excluding carboxylic acids is 2. The molecule has 2 aliphatic heterocycles. The molecule has 45 heavy (non-hydrogen) atoms. The largest absolute Gasteiger partial charge is 0.441 e. The molecule has 2 aliphatic rings. The summed E-state index contributed by atoms with van der Waals surface area (Å²) in [5.74, 6) is -5.93. The lowest BCUT2D eigenvalue weighted by atomic mass is 9.94. The van der Waals surface area contributed by atoms with Crippen LogP contribution in [0.1, 0.15) is 50.5 Å². The van der Waals surface area contributed by atoms with Crippen molar-refractivity contribution in [1.82, 2.24) is 4.68 Å². The van der Waals surface area contributed by atoms with E-state index >= 15 is 0 Å². The van der Waals surface area contributed by atoms with E-state index in [1.165, 1.54) is 23.0 Å². The second kappa shape index (κ2) is 11.6. The molecule has 3 aromatic carbocycles. The van der Waals surface area contributed by atoms with Crippen LogP contribution < -0.4 is 20.1 Å². The van der Waals surface area contributed by atoms with Crippen molar-refractivity contribution in [3.8, 4) is 5.75 Å². The van der Waals surface area contributed by atoms with E-state index in [1.807, 2.05) is 18.2 Å². The van der Waals surface area contributed by atoms with Crippen LogP contribution in [0.5, 0.6) is 5.75 Å². The summed E-state index contributed by atoms with van der Waals surface area (Å²) in [5, 5.41) is 1.77. The minimum absolute atomic E-state index is 0.321. The highest BCUT2D eigenvalue weighted by molar-refractivity contribution is 7.98. The third kappa shape index (κ3) is 5.38. The van der Waals surface area contributed by atoms with E-state index in [0.717, 1.165) is 46.3 Å². The Morgan fingerprint density at radius 1 is 1.02 bits per heavy atom. The molecule has 0 radical (unpaired) electrons. The third-order valence-corrected chi connectivity index (χ3v) is 9.31. The van der Waals surface area contributed by atoms with Crippen molar-refractivity contribution >= 4 is 35.2 Å². The number of hydrogen-bond donors (Lipinski definition) is 1. The lowest BCUT2D eigenvalue weighted by molar-refractivity contribution is -0.858. The lowest BCUT2D eigenvalue weighted by Gasteiger charge is -2.43. The molecule has 232 valence electrons. The summed E-state index contributed by atoms with van der Waals surface area (Å²) >= 11 is 8.25. The summed E-state index contributed by atoms with van der Waals surface area (Å²) in [6.45, 7) is 0.277. The van der Waals surface area contributed by atoms with Gasteiger partial charge in [0.15, 0.2) is 12.7 Å². The number of pyridine rings is 1. The molecule has 0 fully saturated rings. The molecule has 4 aromatic rings. The second-order valence-corrected chi connectivity index (χ2v) is 11.9. The van der Waals surface area contributed by atoms with E-state index in [4.69, 9.17) is 16.3 Å². The maximum Gasteiger partial charge on any atom is 0.441 e. The Morgan fingerprint density at radius 2 is 1.71 bits per heavy atom. The normalized spacial score (nSPS) is 18.4. The summed E-state index contributed by atoms with van der Waals surface area (Å²) in [5.41, 5.74) is -0.868. The van der Waals surface area contributed by atoms with Gasteiger partial charge in [0.1, 0.15) is 23.2 Å². The quantitative estimate of drug-likeness (QED) is 0.237. The van der Waals surface area contributed by atoms with Gasteiger partial charge in [-0.2, -0.15) is 13.2 Å². The Labute approximate surface area is 261 Å². The van der Waals surface area contributed by atoms with E-state index in [2.05, 4.69) is 0 Å². The monoisotopic (exact) mass is 662 g/mol. The van der Waals surface area contributed by atoms with Crippen LogP contribution in [0.25, 0.3) is 0 Å². The topological polar surface area (TPSA) is 73.0 Å². The van der Waals surface area contributed by atoms with Crippen LogP contribution in [0.15, 0.2) is 82.6 Å². The van der Waals surface area contributed by atoms with E-state index in [0.29, 0.717) is 21.9 Å². The van der Waals surface area contributed by atoms with E-state index in [1.54, 1.807) is 24.3 Å². The number of benzene rings is 3. The highest BCUT2D eigenvalue weighted by Gasteiger charge is 2.52. The zero-order valence-corrected chi connectivity index (χ0v) is 24.8. The molecule has 7 nitrogen and oxygen atoms in total. The number of hydrogen-bond acceptors (Lipinski definition) is 6. The van der Waals surface area contributed by atoms with E-state index in [9.17, 15) is 36.3 Å². The number of halogens is 6. The Morgan fingerprint density at radius 3 is 2.42 bits per heavy atom. The number of fused-ring (bicyclic) bond motifs is 3. The van der Waals surface area contributed by atoms with Crippen LogP contribution in [-0.4, -0.2) is 35.4 Å². The fourth-order valence-corrected chi connectivity index (χ4v) is 6.94. The Bertz CT molecular complexity index is 1900. The molecule has 0 spiro atoms. The number of alkyl halides is 3. The number of quaternary nitrogens is 1. The number of thioether (sulfide) groups is 1. The summed E-state index contributed by atoms with van der Waals surface area (Å²) in [6, 6.07) is 12.8. The fraction of sp³-hybridized carbons (Fsp3) is 0.194. The highest BCUT2D eigenvalue weighted by Crippen LogP contribution is 2.44. The van der Waals surface area contributed by atoms with Crippen LogP contribution >= 0.6 is 23.4 Å². The summed E-state index contributed by atoms with van der Waals surface area (Å²) in [4.78, 5) is 40.2. The number of esters is 1. The molecule has 0 saturated heterocycles. The summed E-state index contributed by atoms with van der Waals surface area (Å²) in [7, 11) is 0. The number of nitrogens with one attached hydrogen (secondary N) is 1. The minimum atomic E-state index is -4.85. The van der Waals surface area contributed by atoms with Crippen LogP contribution in [0.3, 0.4) is 0 Å². The van der Waals surface area contributed by atoms with Crippen molar-refractivity contribution in [2.24, 2.45) is 0 Å². The maximum absolute atomic E-state index is 14.4. The van der Waals surface area contributed by atoms with Gasteiger partial charge in [-0.15, -0.1) is 11.8 Å². The molecule has 1 aromatic heterocycles. The number of amides is 1. The Kier molecular flexibility index (Phi) is 7.96. The zero-order valence-electron chi connectivity index (χ0n) is 23.2. The predicted molar refractivity (Wildman–Crippen MR) is 155 cm³/mol. The molecule has 3 heterocycles. The Hall–Kier alpha value is -4.20. The fourth-order valence-electron chi connectivity index (χ4n) is 5.56. The standard InChI is InChI=1S/C31H21ClF5N3O4S/c1-16(31(35,36)37)38-15-40(26-18-7-2-3-11-23(18)45-14-17-6-4-8-19(32)24(17)26)39-13-12-22(41)28(27(39)29(38)42)44-30(43)25-20(33)9-5-10-21(25)34/h2-13,16,26H,14-15H2,1H3/p+1. The van der Waals surface area contributed by atoms with Gasteiger partial charge in [0.2, 0.25) is 16.9 Å². The van der Waals surface area contributed by atoms with Crippen LogP contribution in [0.2, 0.25) is 5.02 Å². The van der Waals surface area contributed by atoms with Gasteiger partial charge in [-0.25, -0.2) is 33.0 Å². The van der Waals surface area contributed by atoms with Crippen molar-refractivity contribution < 1.29 is 41.2 Å². The maximum atomic E-state index is 14.4. The van der Waals surface area contributed by atoms with Gasteiger partial charge < -0.3 is 4.74 Å². The lowest BCUT2D eigenvalue weighted by Crippen LogP contribution is -3.22. The van der Waals surface area contributed by atoms with Gasteiger partial charge in [-0.1, -0.05) is 48.0 Å². The molecule has 3 atom stereocenters. The molecule has 6 rings (SSSR count). The molecule has 0 saturated carbocycles. The molecule has 0 aliphatic carbocycles. The third-order valence-electron chi connectivity index (χ3n) is 7.84. The van der Waals surface area contributed by atoms with Gasteiger partial charge in [0.25, 0.3) is 0 Å². The van der Waals surface area contributed by atoms with Gasteiger partial charge in [0, 0.05) is 33.5 Å². The first-order valence-electron chi connectivity index (χ1n) is 13.5. The predicted octanol–water partition coefficient (Wildman–Crippen LogP) is 5.28. The average molecular weight is 663 g/mol. The smallest absolute Gasteiger partial charge is 0.416 e. The highest BCUT2D eigenvalue weighted by atomic mass is 35.5. The molecular formula is C31H22ClF5N3O4S+. The molecule has 1 amide bonds. The van der Waals surface area contributed by atoms with Gasteiger partial charge >= 0.3 is 18.1 Å². The van der Waals surface area contributed by atoms with Gasteiger partial charge in [-0.05, 0) is 42.3 Å². The molecule has 0 bridgehead atoms. The number of nitrogens with zero attached hydrogens (tertiary/aromatic N) is 2. The number of carbonyl (C=O) groups is 2. The van der Waals surface area contributed by atoms with E-state index < -0.39 is 75.8 Å². The van der Waals surface area contributed by atoms with Crippen LogP contribution in [0, 0.1) is 11.6 Å². The summed E-state index contributed by atoms with van der Waals surface area (Å²) < 4.78 is 77.8. The molecular weight excluding hydrogens is 641 g/mol. The Balaban J connectivity index is 1.60. The van der Waals surface area contributed by atoms with E-state index in [-0.39, 0.29) is 0 Å². The number of ether oxygens (including phenoxy) is 1. The average Bonchev–Trinajstić information content (AvgIpc) is 3.16. The molecule has 1 N–H and O–H groups in total. The first-order valence-corrected chi connectivity index (χ1v) is 14.9. The number of aromatic nitrogens is 1. The minimum Gasteiger partial charge on any atom is -0.416 e. The molecule has 3 unspecified atom stereocenters. The van der Waals surface area contributed by atoms with Crippen molar-refractivity contribution in [1.29, 1.82) is 0 Å². The van der Waals surface area contributed by atoms with Crippen molar-refractivity contribution in [2.45, 2.75) is 35.8 Å². The summed E-state index contributed by atoms with van der Waals surface area (Å²) in [6.07, 6.45) is -3.67. The first-order chi connectivity index (χ1) is 21.4. The molecule has 14 heteroatoms. The van der Waals surface area contributed by atoms with Crippen LogP contribution in [0.4, 0.5) is 22.0 Å². The zero-order chi connectivity index (χ0) is 32.2. The second-order valence-electron chi connectivity index (χ2n) is 10.4. The first kappa shape index (κ1) is 30.8. The van der Waals surface area contributed by atoms with Crippen molar-refractivity contribution in [3.05, 3.63) is 128 Å². The van der Waals surface area contributed by atoms with Crippen molar-refractivity contribution in [2.75, 3.05) is 11.7 Å². The van der Waals surface area contributed by atoms with Gasteiger partial charge in [-0.3, -0.25) is 4.79 Å². The van der Waals surface area contributed by atoms with Crippen molar-refractivity contribution in [3.63, 3.8) is 0 Å². The number of rotatable bonds is 4. The van der Waals surface area contributed by atoms with Gasteiger partial charge in [0.05, 0.1) is 0 Å². The SMILES string of the molecule is CC([NH+]1CN(C2c3ccccc3SCc3cccc(Cl)c32)n2ccc(=O)c(OC(=O)c3c(F)cccc3F)c2C1=O)C(F)(F)F.